The third-order valence-electron chi connectivity index (χ3n) is 5.78. The van der Waals surface area contributed by atoms with E-state index in [0.29, 0.717) is 51.5 Å². The van der Waals surface area contributed by atoms with Crippen LogP contribution >= 0.6 is 0 Å². The van der Waals surface area contributed by atoms with Crippen LogP contribution in [0.3, 0.4) is 0 Å². The fraction of sp³-hybridized carbons (Fsp3) is 0.360. The highest BCUT2D eigenvalue weighted by Crippen LogP contribution is 2.42. The van der Waals surface area contributed by atoms with Gasteiger partial charge in [0.25, 0.3) is 5.56 Å². The smallest absolute Gasteiger partial charge is 0.490 e. The summed E-state index contributed by atoms with van der Waals surface area (Å²) in [6, 6.07) is 6.83. The number of carbonyl (C=O) groups excluding carboxylic acids is 1. The largest absolute Gasteiger partial charge is 0.493 e. The Labute approximate surface area is 215 Å². The average Bonchev–Trinajstić information content (AvgIpc) is 3.16. The molecule has 1 aliphatic rings. The van der Waals surface area contributed by atoms with Gasteiger partial charge in [-0.05, 0) is 45.3 Å². The Balaban J connectivity index is 0.000000505. The molecular formula is C25H26F3N3O7. The van der Waals surface area contributed by atoms with E-state index in [0.717, 1.165) is 13.0 Å². The van der Waals surface area contributed by atoms with Crippen LogP contribution < -0.4 is 19.8 Å². The zero-order valence-electron chi connectivity index (χ0n) is 21.3. The van der Waals surface area contributed by atoms with Crippen LogP contribution in [0, 0.1) is 0 Å². The number of carboxylic acids is 1. The molecule has 0 radical (unpaired) electrons. The van der Waals surface area contributed by atoms with Crippen molar-refractivity contribution in [3.63, 3.8) is 0 Å². The number of benzene rings is 1. The third kappa shape index (κ3) is 5.42. The Bertz CT molecular complexity index is 1450. The van der Waals surface area contributed by atoms with Crippen LogP contribution in [0.5, 0.6) is 17.4 Å². The van der Waals surface area contributed by atoms with Gasteiger partial charge < -0.3 is 28.8 Å². The minimum atomic E-state index is -5.08. The van der Waals surface area contributed by atoms with Gasteiger partial charge in [-0.2, -0.15) is 13.2 Å². The number of aliphatic carboxylic acids is 1. The Morgan fingerprint density at radius 3 is 2.11 bits per heavy atom. The Hall–Kier alpha value is -4.13. The molecule has 0 fully saturated rings. The van der Waals surface area contributed by atoms with E-state index in [-0.39, 0.29) is 17.0 Å². The molecular weight excluding hydrogens is 511 g/mol. The molecule has 0 bridgehead atoms. The molecule has 0 saturated carbocycles. The first-order chi connectivity index (χ1) is 17.8. The van der Waals surface area contributed by atoms with E-state index in [1.54, 1.807) is 28.8 Å². The highest BCUT2D eigenvalue weighted by Gasteiger charge is 2.38. The first-order valence-corrected chi connectivity index (χ1v) is 11.2. The number of methoxy groups -OCH3 is 3. The van der Waals surface area contributed by atoms with E-state index in [1.807, 2.05) is 14.1 Å². The minimum absolute atomic E-state index is 0.176. The molecule has 1 N–H and O–H groups in total. The molecule has 13 heteroatoms. The van der Waals surface area contributed by atoms with E-state index in [9.17, 15) is 22.8 Å². The van der Waals surface area contributed by atoms with Gasteiger partial charge in [0.05, 0.1) is 38.0 Å². The molecule has 204 valence electrons. The second-order valence-corrected chi connectivity index (χ2v) is 8.47. The molecule has 10 nitrogen and oxygen atoms in total. The molecule has 0 atom stereocenters. The number of fused-ring (bicyclic) bond motifs is 5. The molecule has 2 heterocycles. The number of carboxylic acid groups (broad SMARTS) is 1. The predicted molar refractivity (Wildman–Crippen MR) is 131 cm³/mol. The van der Waals surface area contributed by atoms with E-state index in [2.05, 4.69) is 9.88 Å². The second-order valence-electron chi connectivity index (χ2n) is 8.47. The summed E-state index contributed by atoms with van der Waals surface area (Å²) in [5, 5.41) is 8.07. The molecule has 1 aliphatic carbocycles. The fourth-order valence-corrected chi connectivity index (χ4v) is 4.08. The van der Waals surface area contributed by atoms with Crippen molar-refractivity contribution >= 4 is 22.5 Å². The number of halogens is 3. The number of alkyl halides is 3. The maximum absolute atomic E-state index is 13.6. The van der Waals surface area contributed by atoms with Crippen LogP contribution in [0.25, 0.3) is 22.0 Å². The molecule has 0 amide bonds. The number of nitrogens with zero attached hydrogens (tertiary/aromatic N) is 3. The molecule has 0 saturated heterocycles. The Kier molecular flexibility index (Phi) is 8.30. The molecule has 2 aromatic heterocycles. The number of ether oxygens (including phenoxy) is 3. The molecule has 4 rings (SSSR count). The summed E-state index contributed by atoms with van der Waals surface area (Å²) in [7, 11) is 8.52. The van der Waals surface area contributed by atoms with Gasteiger partial charge in [-0.15, -0.1) is 0 Å². The second kappa shape index (κ2) is 11.1. The first-order valence-electron chi connectivity index (χ1n) is 11.2. The monoisotopic (exact) mass is 537 g/mol. The Morgan fingerprint density at radius 1 is 1.03 bits per heavy atom. The normalized spacial score (nSPS) is 12.1. The average molecular weight is 537 g/mol. The lowest BCUT2D eigenvalue weighted by atomic mass is 10.0. The van der Waals surface area contributed by atoms with E-state index in [4.69, 9.17) is 24.1 Å². The van der Waals surface area contributed by atoms with Crippen molar-refractivity contribution in [2.75, 3.05) is 42.0 Å². The molecule has 0 spiro atoms. The molecule has 1 aromatic carbocycles. The summed E-state index contributed by atoms with van der Waals surface area (Å²) in [5.74, 6) is -1.74. The highest BCUT2D eigenvalue weighted by molar-refractivity contribution is 6.26. The molecule has 0 aliphatic heterocycles. The van der Waals surface area contributed by atoms with Gasteiger partial charge >= 0.3 is 12.1 Å². The van der Waals surface area contributed by atoms with Gasteiger partial charge in [0.15, 0.2) is 11.5 Å². The maximum atomic E-state index is 13.6. The van der Waals surface area contributed by atoms with Crippen LogP contribution in [0.15, 0.2) is 29.1 Å². The summed E-state index contributed by atoms with van der Waals surface area (Å²) in [6.45, 7) is 1.29. The standard InChI is InChI=1S/C23H25N3O5.C2HF3O2/c1-25(2)9-6-10-26-21-13-7-8-18(31-5)24-20(13)22(27)19(21)14-11-16(29-3)17(30-4)12-15(14)23(26)28;3-2(4,5)1(6)7/h7-8,11-12H,6,9-10H2,1-5H3;(H,6,7). The minimum Gasteiger partial charge on any atom is -0.493 e. The Morgan fingerprint density at radius 2 is 1.61 bits per heavy atom. The van der Waals surface area contributed by atoms with Crippen molar-refractivity contribution in [2.24, 2.45) is 0 Å². The summed E-state index contributed by atoms with van der Waals surface area (Å²) >= 11 is 0. The SMILES string of the molecule is COc1ccc2c(n1)C(=O)c1c-2n(CCCN(C)C)c(=O)c2cc(OC)c(OC)cc12.O=C(O)C(F)(F)F. The lowest BCUT2D eigenvalue weighted by molar-refractivity contribution is -0.192. The van der Waals surface area contributed by atoms with Crippen LogP contribution in [-0.2, 0) is 11.3 Å². The maximum Gasteiger partial charge on any atom is 0.490 e. The van der Waals surface area contributed by atoms with E-state index < -0.39 is 12.1 Å². The molecule has 0 unspecified atom stereocenters. The zero-order valence-corrected chi connectivity index (χ0v) is 21.3. The number of ketones is 1. The van der Waals surface area contributed by atoms with Crippen molar-refractivity contribution < 1.29 is 42.1 Å². The van der Waals surface area contributed by atoms with E-state index >= 15 is 0 Å². The first kappa shape index (κ1) is 28.4. The number of carbonyl (C=O) groups is 2. The summed E-state index contributed by atoms with van der Waals surface area (Å²) in [4.78, 5) is 42.4. The van der Waals surface area contributed by atoms with Crippen LogP contribution in [0.4, 0.5) is 13.2 Å². The van der Waals surface area contributed by atoms with Crippen molar-refractivity contribution in [3.8, 4) is 28.6 Å². The fourth-order valence-electron chi connectivity index (χ4n) is 4.08. The number of aromatic nitrogens is 2. The lowest BCUT2D eigenvalue weighted by Crippen LogP contribution is -2.25. The number of hydrogen-bond acceptors (Lipinski definition) is 8. The summed E-state index contributed by atoms with van der Waals surface area (Å²) in [5.41, 5.74) is 1.80. The quantitative estimate of drug-likeness (QED) is 0.379. The highest BCUT2D eigenvalue weighted by atomic mass is 19.4. The molecule has 38 heavy (non-hydrogen) atoms. The van der Waals surface area contributed by atoms with Crippen molar-refractivity contribution in [3.05, 3.63) is 45.9 Å². The number of pyridine rings is 2. The predicted octanol–water partition coefficient (Wildman–Crippen LogP) is 3.22. The zero-order chi connectivity index (χ0) is 28.4. The van der Waals surface area contributed by atoms with Crippen LogP contribution in [-0.4, -0.2) is 79.5 Å². The van der Waals surface area contributed by atoms with E-state index in [1.165, 1.54) is 21.3 Å². The van der Waals surface area contributed by atoms with Gasteiger partial charge in [-0.3, -0.25) is 9.59 Å². The summed E-state index contributed by atoms with van der Waals surface area (Å²) < 4.78 is 49.5. The van der Waals surface area contributed by atoms with Gasteiger partial charge in [-0.1, -0.05) is 0 Å². The van der Waals surface area contributed by atoms with Gasteiger partial charge in [-0.25, -0.2) is 9.78 Å². The van der Waals surface area contributed by atoms with Crippen molar-refractivity contribution in [2.45, 2.75) is 19.1 Å². The van der Waals surface area contributed by atoms with Gasteiger partial charge in [0.2, 0.25) is 11.7 Å². The number of rotatable bonds is 7. The lowest BCUT2D eigenvalue weighted by Gasteiger charge is -2.17. The number of hydrogen-bond donors (Lipinski definition) is 1. The van der Waals surface area contributed by atoms with Crippen LogP contribution in [0.2, 0.25) is 0 Å². The van der Waals surface area contributed by atoms with Crippen molar-refractivity contribution in [1.29, 1.82) is 0 Å². The van der Waals surface area contributed by atoms with Gasteiger partial charge in [0, 0.05) is 23.6 Å². The topological polar surface area (TPSA) is 120 Å². The summed E-state index contributed by atoms with van der Waals surface area (Å²) in [6.07, 6.45) is -4.33. The van der Waals surface area contributed by atoms with Gasteiger partial charge in [0.1, 0.15) is 5.69 Å². The van der Waals surface area contributed by atoms with Crippen molar-refractivity contribution in [1.82, 2.24) is 14.5 Å². The van der Waals surface area contributed by atoms with Crippen LogP contribution in [0.1, 0.15) is 22.5 Å². The molecule has 3 aromatic rings. The third-order valence-corrected chi connectivity index (χ3v) is 5.78.